The predicted octanol–water partition coefficient (Wildman–Crippen LogP) is 4.25. The van der Waals surface area contributed by atoms with Crippen molar-refractivity contribution in [3.8, 4) is 0 Å². The van der Waals surface area contributed by atoms with Crippen molar-refractivity contribution >= 4 is 65.8 Å². The van der Waals surface area contributed by atoms with Gasteiger partial charge in [-0.15, -0.1) is 0 Å². The summed E-state index contributed by atoms with van der Waals surface area (Å²) < 4.78 is 1.56. The van der Waals surface area contributed by atoms with Crippen molar-refractivity contribution in [3.63, 3.8) is 0 Å². The van der Waals surface area contributed by atoms with Gasteiger partial charge in [0.1, 0.15) is 5.52 Å². The van der Waals surface area contributed by atoms with Crippen LogP contribution in [0.1, 0.15) is 10.4 Å². The van der Waals surface area contributed by atoms with Crippen LogP contribution < -0.4 is 16.6 Å². The highest BCUT2D eigenvalue weighted by Gasteiger charge is 2.13. The lowest BCUT2D eigenvalue weighted by atomic mass is 10.2. The van der Waals surface area contributed by atoms with Crippen LogP contribution in [0.2, 0.25) is 5.02 Å². The molecule has 0 radical (unpaired) electrons. The SMILES string of the molecule is NNc1nc2c(Cl)cc(NC(=O)c3ccccc3Br)cc2s1. The highest BCUT2D eigenvalue weighted by atomic mass is 79.9. The fourth-order valence-corrected chi connectivity index (χ4v) is 3.59. The minimum atomic E-state index is -0.218. The average Bonchev–Trinajstić information content (AvgIpc) is 2.91. The number of amides is 1. The number of nitrogen functional groups attached to an aromatic ring is 1. The van der Waals surface area contributed by atoms with E-state index in [0.29, 0.717) is 26.9 Å². The summed E-state index contributed by atoms with van der Waals surface area (Å²) in [6.07, 6.45) is 0. The maximum absolute atomic E-state index is 12.3. The number of nitrogens with zero attached hydrogens (tertiary/aromatic N) is 1. The summed E-state index contributed by atoms with van der Waals surface area (Å²) in [6, 6.07) is 10.7. The second-order valence-corrected chi connectivity index (χ2v) is 6.69. The first-order valence-corrected chi connectivity index (χ1v) is 8.20. The molecule has 1 heterocycles. The maximum Gasteiger partial charge on any atom is 0.256 e. The summed E-state index contributed by atoms with van der Waals surface area (Å²) in [5.41, 5.74) is 4.29. The van der Waals surface area contributed by atoms with E-state index in [1.165, 1.54) is 11.3 Å². The van der Waals surface area contributed by atoms with Crippen molar-refractivity contribution in [2.24, 2.45) is 5.84 Å². The van der Waals surface area contributed by atoms with Crippen molar-refractivity contribution in [1.29, 1.82) is 0 Å². The van der Waals surface area contributed by atoms with Crippen molar-refractivity contribution in [2.75, 3.05) is 10.7 Å². The zero-order chi connectivity index (χ0) is 15.7. The number of halogens is 2. The van der Waals surface area contributed by atoms with Crippen LogP contribution in [0.15, 0.2) is 40.9 Å². The normalized spacial score (nSPS) is 10.7. The van der Waals surface area contributed by atoms with E-state index in [2.05, 4.69) is 31.7 Å². The number of benzene rings is 2. The summed E-state index contributed by atoms with van der Waals surface area (Å²) in [4.78, 5) is 16.6. The van der Waals surface area contributed by atoms with Gasteiger partial charge in [-0.1, -0.05) is 35.1 Å². The smallest absolute Gasteiger partial charge is 0.256 e. The first-order chi connectivity index (χ1) is 10.6. The number of hydrogen-bond donors (Lipinski definition) is 3. The molecular formula is C14H10BrClN4OS. The number of rotatable bonds is 3. The molecule has 0 unspecified atom stereocenters. The Morgan fingerprint density at radius 3 is 2.82 bits per heavy atom. The number of hydrazine groups is 1. The molecule has 8 heteroatoms. The quantitative estimate of drug-likeness (QED) is 0.456. The highest BCUT2D eigenvalue weighted by Crippen LogP contribution is 2.33. The van der Waals surface area contributed by atoms with Gasteiger partial charge in [0.25, 0.3) is 5.91 Å². The van der Waals surface area contributed by atoms with Gasteiger partial charge in [-0.2, -0.15) is 0 Å². The molecule has 0 saturated carbocycles. The third-order valence-corrected chi connectivity index (χ3v) is 4.86. The van der Waals surface area contributed by atoms with E-state index in [1.807, 2.05) is 18.2 Å². The second kappa shape index (κ2) is 6.21. The van der Waals surface area contributed by atoms with E-state index in [-0.39, 0.29) is 5.91 Å². The molecule has 0 bridgehead atoms. The molecule has 0 saturated heterocycles. The molecule has 0 aliphatic rings. The van der Waals surface area contributed by atoms with Gasteiger partial charge in [0.2, 0.25) is 0 Å². The molecule has 0 aliphatic heterocycles. The van der Waals surface area contributed by atoms with Crippen LogP contribution in [-0.4, -0.2) is 10.9 Å². The second-order valence-electron chi connectivity index (χ2n) is 4.40. The van der Waals surface area contributed by atoms with Crippen molar-refractivity contribution in [3.05, 3.63) is 51.5 Å². The standard InChI is InChI=1S/C14H10BrClN4OS/c15-9-4-2-1-3-8(9)13(21)18-7-5-10(16)12-11(6-7)22-14(19-12)20-17/h1-6H,17H2,(H,18,21)(H,19,20). The minimum Gasteiger partial charge on any atom is -0.322 e. The first kappa shape index (κ1) is 15.2. The lowest BCUT2D eigenvalue weighted by Gasteiger charge is -2.07. The number of carbonyl (C=O) groups is 1. The minimum absolute atomic E-state index is 0.218. The first-order valence-electron chi connectivity index (χ1n) is 6.21. The Bertz CT molecular complexity index is 867. The predicted molar refractivity (Wildman–Crippen MR) is 94.5 cm³/mol. The number of thiazole rings is 1. The van der Waals surface area contributed by atoms with Gasteiger partial charge in [-0.3, -0.25) is 10.2 Å². The van der Waals surface area contributed by atoms with E-state index in [1.54, 1.807) is 18.2 Å². The molecule has 4 N–H and O–H groups in total. The van der Waals surface area contributed by atoms with Gasteiger partial charge >= 0.3 is 0 Å². The van der Waals surface area contributed by atoms with E-state index in [9.17, 15) is 4.79 Å². The van der Waals surface area contributed by atoms with Crippen LogP contribution in [0.5, 0.6) is 0 Å². The molecule has 0 spiro atoms. The molecule has 5 nitrogen and oxygen atoms in total. The van der Waals surface area contributed by atoms with Crippen LogP contribution in [0.25, 0.3) is 10.2 Å². The summed E-state index contributed by atoms with van der Waals surface area (Å²) in [6.45, 7) is 0. The summed E-state index contributed by atoms with van der Waals surface area (Å²) in [7, 11) is 0. The van der Waals surface area contributed by atoms with Crippen LogP contribution in [-0.2, 0) is 0 Å². The number of carbonyl (C=O) groups excluding carboxylic acids is 1. The number of nitrogens with one attached hydrogen (secondary N) is 2. The molecule has 1 aromatic heterocycles. The topological polar surface area (TPSA) is 80.0 Å². The Balaban J connectivity index is 1.94. The summed E-state index contributed by atoms with van der Waals surface area (Å²) in [5.74, 6) is 5.14. The fourth-order valence-electron chi connectivity index (χ4n) is 1.97. The maximum atomic E-state index is 12.3. The van der Waals surface area contributed by atoms with Gasteiger partial charge in [-0.25, -0.2) is 10.8 Å². The molecule has 0 fully saturated rings. The third-order valence-electron chi connectivity index (χ3n) is 2.95. The Kier molecular flexibility index (Phi) is 4.30. The zero-order valence-corrected chi connectivity index (χ0v) is 14.2. The van der Waals surface area contributed by atoms with Gasteiger partial charge in [0.05, 0.1) is 15.3 Å². The van der Waals surface area contributed by atoms with Crippen molar-refractivity contribution < 1.29 is 4.79 Å². The lowest BCUT2D eigenvalue weighted by Crippen LogP contribution is -2.12. The van der Waals surface area contributed by atoms with E-state index in [4.69, 9.17) is 17.4 Å². The molecular weight excluding hydrogens is 388 g/mol. The number of nitrogens with two attached hydrogens (primary N) is 1. The van der Waals surface area contributed by atoms with Crippen LogP contribution >= 0.6 is 38.9 Å². The third kappa shape index (κ3) is 2.93. The molecule has 3 aromatic rings. The molecule has 112 valence electrons. The number of aromatic nitrogens is 1. The average molecular weight is 398 g/mol. The number of hydrogen-bond acceptors (Lipinski definition) is 5. The molecule has 22 heavy (non-hydrogen) atoms. The number of fused-ring (bicyclic) bond motifs is 1. The monoisotopic (exact) mass is 396 g/mol. The molecule has 1 amide bonds. The van der Waals surface area contributed by atoms with Gasteiger partial charge in [0, 0.05) is 10.2 Å². The fraction of sp³-hybridized carbons (Fsp3) is 0. The van der Waals surface area contributed by atoms with Crippen molar-refractivity contribution in [2.45, 2.75) is 0 Å². The molecule has 0 aliphatic carbocycles. The largest absolute Gasteiger partial charge is 0.322 e. The lowest BCUT2D eigenvalue weighted by molar-refractivity contribution is 0.102. The number of anilines is 2. The Hall–Kier alpha value is -1.67. The summed E-state index contributed by atoms with van der Waals surface area (Å²) >= 11 is 10.9. The van der Waals surface area contributed by atoms with Crippen LogP contribution in [0, 0.1) is 0 Å². The van der Waals surface area contributed by atoms with E-state index >= 15 is 0 Å². The van der Waals surface area contributed by atoms with Gasteiger partial charge in [0.15, 0.2) is 5.13 Å². The van der Waals surface area contributed by atoms with Gasteiger partial charge < -0.3 is 5.32 Å². The van der Waals surface area contributed by atoms with Gasteiger partial charge in [-0.05, 0) is 40.2 Å². The Labute approximate surface area is 143 Å². The highest BCUT2D eigenvalue weighted by molar-refractivity contribution is 9.10. The van der Waals surface area contributed by atoms with E-state index < -0.39 is 0 Å². The van der Waals surface area contributed by atoms with Crippen molar-refractivity contribution in [1.82, 2.24) is 4.98 Å². The molecule has 0 atom stereocenters. The zero-order valence-electron chi connectivity index (χ0n) is 11.1. The molecule has 2 aromatic carbocycles. The molecule has 3 rings (SSSR count). The Morgan fingerprint density at radius 1 is 1.32 bits per heavy atom. The Morgan fingerprint density at radius 2 is 2.09 bits per heavy atom. The van der Waals surface area contributed by atoms with Crippen LogP contribution in [0.3, 0.4) is 0 Å². The van der Waals surface area contributed by atoms with E-state index in [0.717, 1.165) is 9.17 Å². The van der Waals surface area contributed by atoms with Crippen LogP contribution in [0.4, 0.5) is 10.8 Å². The summed E-state index contributed by atoms with van der Waals surface area (Å²) in [5, 5.41) is 3.85.